The van der Waals surface area contributed by atoms with Gasteiger partial charge in [0.15, 0.2) is 5.78 Å². The Bertz CT molecular complexity index is 1290. The quantitative estimate of drug-likeness (QED) is 0.364. The fraction of sp³-hybridized carbons (Fsp3) is 0.241. The van der Waals surface area contributed by atoms with Crippen molar-refractivity contribution >= 4 is 16.6 Å². The van der Waals surface area contributed by atoms with Crippen LogP contribution in [0.4, 0.5) is 0 Å². The predicted octanol–water partition coefficient (Wildman–Crippen LogP) is 6.50. The first kappa shape index (κ1) is 18.5. The topological polar surface area (TPSA) is 30.0 Å². The third-order valence-electron chi connectivity index (χ3n) is 8.09. The summed E-state index contributed by atoms with van der Waals surface area (Å²) in [7, 11) is 0. The van der Waals surface area contributed by atoms with Crippen molar-refractivity contribution in [3.63, 3.8) is 0 Å². The molecule has 152 valence electrons. The van der Waals surface area contributed by atoms with E-state index in [1.165, 1.54) is 10.9 Å². The average molecular weight is 404 g/mol. The zero-order valence-corrected chi connectivity index (χ0v) is 17.7. The fourth-order valence-electron chi connectivity index (χ4n) is 6.61. The lowest BCUT2D eigenvalue weighted by Gasteiger charge is -2.50. The number of fused-ring (bicyclic) bond motifs is 2. The lowest BCUT2D eigenvalue weighted by atomic mass is 9.51. The van der Waals surface area contributed by atoms with Crippen LogP contribution in [0.3, 0.4) is 0 Å². The standard InChI is InChI=1S/C29H25NO/c1-27(25-13-7-8-16-30-25)18-28(24-11-3-2-4-12-24)19-29(27,20-28)26(31)23-15-14-21-9-5-6-10-22(21)17-23/h2-17H,18-20H2,1H3/t27-,28?,29?/m0/s1. The zero-order chi connectivity index (χ0) is 21.1. The molecule has 7 rings (SSSR count). The minimum Gasteiger partial charge on any atom is -0.294 e. The van der Waals surface area contributed by atoms with Gasteiger partial charge in [-0.05, 0) is 59.2 Å². The molecule has 3 aliphatic rings. The van der Waals surface area contributed by atoms with Gasteiger partial charge in [-0.3, -0.25) is 9.78 Å². The highest BCUT2D eigenvalue weighted by Crippen LogP contribution is 2.76. The number of ketones is 1. The molecule has 3 aliphatic carbocycles. The molecule has 0 N–H and O–H groups in total. The van der Waals surface area contributed by atoms with Crippen molar-refractivity contribution in [1.82, 2.24) is 4.98 Å². The molecular formula is C29H25NO. The minimum atomic E-state index is -0.417. The monoisotopic (exact) mass is 403 g/mol. The number of nitrogens with zero attached hydrogens (tertiary/aromatic N) is 1. The van der Waals surface area contributed by atoms with Crippen molar-refractivity contribution in [3.05, 3.63) is 114 Å². The third-order valence-corrected chi connectivity index (χ3v) is 8.09. The smallest absolute Gasteiger partial charge is 0.170 e. The molecule has 0 aliphatic heterocycles. The summed E-state index contributed by atoms with van der Waals surface area (Å²) in [6.07, 6.45) is 4.60. The van der Waals surface area contributed by atoms with E-state index in [1.54, 1.807) is 0 Å². The third kappa shape index (κ3) is 2.45. The van der Waals surface area contributed by atoms with E-state index in [2.05, 4.69) is 67.6 Å². The van der Waals surface area contributed by atoms with Gasteiger partial charge in [0.1, 0.15) is 0 Å². The maximum atomic E-state index is 14.2. The number of hydrogen-bond acceptors (Lipinski definition) is 2. The maximum absolute atomic E-state index is 14.2. The Hall–Kier alpha value is -3.26. The molecule has 0 saturated heterocycles. The van der Waals surface area contributed by atoms with Crippen molar-refractivity contribution in [3.8, 4) is 0 Å². The molecule has 0 amide bonds. The number of carbonyl (C=O) groups is 1. The van der Waals surface area contributed by atoms with Crippen LogP contribution in [0.15, 0.2) is 97.2 Å². The summed E-state index contributed by atoms with van der Waals surface area (Å²) >= 11 is 0. The van der Waals surface area contributed by atoms with Crippen LogP contribution in [0, 0.1) is 5.41 Å². The second kappa shape index (κ2) is 6.37. The van der Waals surface area contributed by atoms with Gasteiger partial charge in [0, 0.05) is 28.3 Å². The molecule has 2 bridgehead atoms. The van der Waals surface area contributed by atoms with E-state index in [0.29, 0.717) is 0 Å². The van der Waals surface area contributed by atoms with E-state index in [1.807, 2.05) is 36.5 Å². The van der Waals surface area contributed by atoms with Crippen molar-refractivity contribution in [2.75, 3.05) is 0 Å². The minimum absolute atomic E-state index is 0.0556. The van der Waals surface area contributed by atoms with E-state index < -0.39 is 5.41 Å². The lowest BCUT2D eigenvalue weighted by molar-refractivity contribution is 0.0429. The molecule has 3 fully saturated rings. The lowest BCUT2D eigenvalue weighted by Crippen LogP contribution is -2.51. The Kier molecular flexibility index (Phi) is 3.80. The number of Topliss-reactive ketones (excluding diaryl/α,β-unsaturated/α-hetero) is 1. The van der Waals surface area contributed by atoms with Gasteiger partial charge >= 0.3 is 0 Å². The molecule has 1 atom stereocenters. The summed E-state index contributed by atoms with van der Waals surface area (Å²) < 4.78 is 0. The highest BCUT2D eigenvalue weighted by Gasteiger charge is 2.75. The molecule has 3 aromatic carbocycles. The largest absolute Gasteiger partial charge is 0.294 e. The molecular weight excluding hydrogens is 378 g/mol. The summed E-state index contributed by atoms with van der Waals surface area (Å²) in [6, 6.07) is 31.3. The van der Waals surface area contributed by atoms with Gasteiger partial charge in [0.2, 0.25) is 0 Å². The molecule has 0 unspecified atom stereocenters. The Labute approximate surface area is 183 Å². The van der Waals surface area contributed by atoms with Crippen LogP contribution < -0.4 is 0 Å². The van der Waals surface area contributed by atoms with Gasteiger partial charge in [0.05, 0.1) is 0 Å². The molecule has 1 heterocycles. The number of rotatable bonds is 4. The molecule has 4 aromatic rings. The van der Waals surface area contributed by atoms with Gasteiger partial charge in [-0.2, -0.15) is 0 Å². The molecule has 31 heavy (non-hydrogen) atoms. The summed E-state index contributed by atoms with van der Waals surface area (Å²) in [5.74, 6) is 0.274. The van der Waals surface area contributed by atoms with Gasteiger partial charge in [-0.1, -0.05) is 79.7 Å². The highest BCUT2D eigenvalue weighted by atomic mass is 16.1. The van der Waals surface area contributed by atoms with E-state index in [4.69, 9.17) is 4.98 Å². The van der Waals surface area contributed by atoms with Gasteiger partial charge < -0.3 is 0 Å². The van der Waals surface area contributed by atoms with Crippen molar-refractivity contribution < 1.29 is 4.79 Å². The van der Waals surface area contributed by atoms with Crippen LogP contribution in [-0.2, 0) is 10.8 Å². The zero-order valence-electron chi connectivity index (χ0n) is 17.7. The van der Waals surface area contributed by atoms with E-state index in [9.17, 15) is 4.79 Å². The molecule has 1 aromatic heterocycles. The molecule has 2 heteroatoms. The molecule has 3 saturated carbocycles. The number of pyridine rings is 1. The van der Waals surface area contributed by atoms with E-state index in [0.717, 1.165) is 35.9 Å². The van der Waals surface area contributed by atoms with Crippen LogP contribution in [-0.4, -0.2) is 10.8 Å². The number of carbonyl (C=O) groups excluding carboxylic acids is 1. The molecule has 0 radical (unpaired) electrons. The van der Waals surface area contributed by atoms with Gasteiger partial charge in [0.25, 0.3) is 0 Å². The van der Waals surface area contributed by atoms with Crippen LogP contribution in [0.25, 0.3) is 10.8 Å². The summed E-state index contributed by atoms with van der Waals surface area (Å²) in [5, 5.41) is 2.29. The normalized spacial score (nSPS) is 28.9. The predicted molar refractivity (Wildman–Crippen MR) is 124 cm³/mol. The molecule has 0 spiro atoms. The fourth-order valence-corrected chi connectivity index (χ4v) is 6.61. The Morgan fingerprint density at radius 1 is 0.774 bits per heavy atom. The van der Waals surface area contributed by atoms with E-state index in [-0.39, 0.29) is 16.6 Å². The SMILES string of the molecule is C[C@@]1(c2ccccn2)CC2(c3ccccc3)CC1(C(=O)c1ccc3ccccc3c1)C2. The Morgan fingerprint density at radius 2 is 1.48 bits per heavy atom. The summed E-state index contributed by atoms with van der Waals surface area (Å²) in [4.78, 5) is 18.9. The van der Waals surface area contributed by atoms with Gasteiger partial charge in [-0.25, -0.2) is 0 Å². The average Bonchev–Trinajstić information content (AvgIpc) is 3.25. The van der Waals surface area contributed by atoms with Crippen LogP contribution in [0.5, 0.6) is 0 Å². The van der Waals surface area contributed by atoms with Crippen molar-refractivity contribution in [1.29, 1.82) is 0 Å². The van der Waals surface area contributed by atoms with Crippen LogP contribution in [0.2, 0.25) is 0 Å². The first-order valence-corrected chi connectivity index (χ1v) is 11.1. The van der Waals surface area contributed by atoms with Crippen LogP contribution >= 0.6 is 0 Å². The first-order valence-electron chi connectivity index (χ1n) is 11.1. The maximum Gasteiger partial charge on any atom is 0.170 e. The second-order valence-electron chi connectivity index (χ2n) is 9.70. The second-order valence-corrected chi connectivity index (χ2v) is 9.70. The van der Waals surface area contributed by atoms with Crippen LogP contribution in [0.1, 0.15) is 47.8 Å². The number of benzene rings is 3. The van der Waals surface area contributed by atoms with Crippen molar-refractivity contribution in [2.45, 2.75) is 37.0 Å². The highest BCUT2D eigenvalue weighted by molar-refractivity contribution is 6.05. The molecule has 2 nitrogen and oxygen atoms in total. The number of hydrogen-bond donors (Lipinski definition) is 0. The van der Waals surface area contributed by atoms with Gasteiger partial charge in [-0.15, -0.1) is 0 Å². The summed E-state index contributed by atoms with van der Waals surface area (Å²) in [5.41, 5.74) is 2.58. The van der Waals surface area contributed by atoms with E-state index >= 15 is 0 Å². The first-order chi connectivity index (χ1) is 15.1. The summed E-state index contributed by atoms with van der Waals surface area (Å²) in [6.45, 7) is 2.27. The Morgan fingerprint density at radius 3 is 2.23 bits per heavy atom. The number of aromatic nitrogens is 1. The van der Waals surface area contributed by atoms with Crippen molar-refractivity contribution in [2.24, 2.45) is 5.41 Å². The Balaban J connectivity index is 1.48.